The van der Waals surface area contributed by atoms with E-state index in [2.05, 4.69) is 33.8 Å². The van der Waals surface area contributed by atoms with Crippen LogP contribution in [0.2, 0.25) is 0 Å². The van der Waals surface area contributed by atoms with Crippen LogP contribution < -0.4 is 20.1 Å². The fourth-order valence-corrected chi connectivity index (χ4v) is 2.82. The number of pyridine rings is 1. The Balaban J connectivity index is 1.82. The van der Waals surface area contributed by atoms with Crippen LogP contribution in [0.4, 0.5) is 5.69 Å². The Labute approximate surface area is 159 Å². The number of aliphatic imine (C=N–C) groups is 1. The van der Waals surface area contributed by atoms with Crippen molar-refractivity contribution >= 4 is 22.5 Å². The molecule has 6 nitrogen and oxygen atoms in total. The molecule has 6 heteroatoms. The lowest BCUT2D eigenvalue weighted by molar-refractivity contribution is 0.355. The molecular weight excluding hydrogens is 340 g/mol. The molecule has 0 saturated carbocycles. The van der Waals surface area contributed by atoms with E-state index < -0.39 is 0 Å². The molecule has 2 aromatic carbocycles. The molecule has 3 rings (SSSR count). The molecule has 3 aromatic rings. The lowest BCUT2D eigenvalue weighted by atomic mass is 10.1. The Morgan fingerprint density at radius 2 is 1.85 bits per heavy atom. The van der Waals surface area contributed by atoms with E-state index in [1.54, 1.807) is 14.2 Å². The lowest BCUT2D eigenvalue weighted by Crippen LogP contribution is -2.30. The van der Waals surface area contributed by atoms with Gasteiger partial charge in [-0.25, -0.2) is 4.99 Å². The SMILES string of the molecule is CCNC(=NCc1cccc2cccnc12)Nc1ccc(OC)c(OC)c1. The van der Waals surface area contributed by atoms with Crippen LogP contribution in [0, 0.1) is 0 Å². The summed E-state index contributed by atoms with van der Waals surface area (Å²) in [5, 5.41) is 7.68. The third kappa shape index (κ3) is 4.47. The first-order valence-corrected chi connectivity index (χ1v) is 8.85. The Morgan fingerprint density at radius 3 is 2.63 bits per heavy atom. The maximum Gasteiger partial charge on any atom is 0.196 e. The van der Waals surface area contributed by atoms with E-state index in [1.807, 2.05) is 43.5 Å². The number of ether oxygens (including phenoxy) is 2. The van der Waals surface area contributed by atoms with Gasteiger partial charge in [-0.3, -0.25) is 4.98 Å². The predicted octanol–water partition coefficient (Wildman–Crippen LogP) is 3.83. The molecule has 0 bridgehead atoms. The van der Waals surface area contributed by atoms with Crippen LogP contribution >= 0.6 is 0 Å². The minimum Gasteiger partial charge on any atom is -0.493 e. The fourth-order valence-electron chi connectivity index (χ4n) is 2.82. The predicted molar refractivity (Wildman–Crippen MR) is 110 cm³/mol. The van der Waals surface area contributed by atoms with E-state index in [0.29, 0.717) is 24.0 Å². The van der Waals surface area contributed by atoms with E-state index in [4.69, 9.17) is 14.5 Å². The molecule has 0 aliphatic rings. The van der Waals surface area contributed by atoms with Gasteiger partial charge in [0.25, 0.3) is 0 Å². The summed E-state index contributed by atoms with van der Waals surface area (Å²) >= 11 is 0. The summed E-state index contributed by atoms with van der Waals surface area (Å²) in [5.74, 6) is 2.04. The maximum absolute atomic E-state index is 5.36. The molecule has 0 amide bonds. The number of nitrogens with one attached hydrogen (secondary N) is 2. The molecule has 0 saturated heterocycles. The molecule has 0 atom stereocenters. The van der Waals surface area contributed by atoms with Crippen LogP contribution in [-0.4, -0.2) is 31.7 Å². The van der Waals surface area contributed by atoms with Crippen LogP contribution in [0.1, 0.15) is 12.5 Å². The zero-order chi connectivity index (χ0) is 19.1. The van der Waals surface area contributed by atoms with Crippen molar-refractivity contribution < 1.29 is 9.47 Å². The van der Waals surface area contributed by atoms with Gasteiger partial charge in [0.2, 0.25) is 0 Å². The molecule has 1 heterocycles. The van der Waals surface area contributed by atoms with Crippen LogP contribution in [0.3, 0.4) is 0 Å². The van der Waals surface area contributed by atoms with Gasteiger partial charge >= 0.3 is 0 Å². The maximum atomic E-state index is 5.36. The van der Waals surface area contributed by atoms with Gasteiger partial charge in [-0.05, 0) is 30.7 Å². The first kappa shape index (κ1) is 18.5. The minimum atomic E-state index is 0.525. The smallest absolute Gasteiger partial charge is 0.196 e. The Morgan fingerprint density at radius 1 is 1.04 bits per heavy atom. The van der Waals surface area contributed by atoms with Gasteiger partial charge in [0.15, 0.2) is 17.5 Å². The highest BCUT2D eigenvalue weighted by molar-refractivity contribution is 5.94. The summed E-state index contributed by atoms with van der Waals surface area (Å²) < 4.78 is 10.6. The van der Waals surface area contributed by atoms with Crippen LogP contribution in [0.15, 0.2) is 59.7 Å². The number of aromatic nitrogens is 1. The largest absolute Gasteiger partial charge is 0.493 e. The summed E-state index contributed by atoms with van der Waals surface area (Å²) in [6.07, 6.45) is 1.81. The average Bonchev–Trinajstić information content (AvgIpc) is 2.72. The number of para-hydroxylation sites is 1. The zero-order valence-electron chi connectivity index (χ0n) is 15.8. The molecule has 27 heavy (non-hydrogen) atoms. The highest BCUT2D eigenvalue weighted by Gasteiger charge is 2.07. The standard InChI is InChI=1S/C21H24N4O2/c1-4-22-21(25-17-10-11-18(26-2)19(13-17)27-3)24-14-16-8-5-7-15-9-6-12-23-20(15)16/h5-13H,4,14H2,1-3H3,(H2,22,24,25). The van der Waals surface area contributed by atoms with Crippen molar-refractivity contribution in [1.29, 1.82) is 0 Å². The third-order valence-corrected chi connectivity index (χ3v) is 4.11. The Hall–Kier alpha value is -3.28. The lowest BCUT2D eigenvalue weighted by Gasteiger charge is -2.14. The van der Waals surface area contributed by atoms with E-state index in [9.17, 15) is 0 Å². The van der Waals surface area contributed by atoms with Gasteiger partial charge in [0, 0.05) is 29.9 Å². The minimum absolute atomic E-state index is 0.525. The van der Waals surface area contributed by atoms with Crippen molar-refractivity contribution in [3.8, 4) is 11.5 Å². The average molecular weight is 364 g/mol. The molecule has 1 aromatic heterocycles. The number of methoxy groups -OCH3 is 2. The van der Waals surface area contributed by atoms with Crippen molar-refractivity contribution in [2.45, 2.75) is 13.5 Å². The molecule has 140 valence electrons. The zero-order valence-corrected chi connectivity index (χ0v) is 15.8. The first-order chi connectivity index (χ1) is 13.2. The van der Waals surface area contributed by atoms with Gasteiger partial charge in [0.05, 0.1) is 26.3 Å². The van der Waals surface area contributed by atoms with Gasteiger partial charge in [0.1, 0.15) is 0 Å². The van der Waals surface area contributed by atoms with E-state index in [-0.39, 0.29) is 0 Å². The number of benzene rings is 2. The molecular formula is C21H24N4O2. The number of nitrogens with zero attached hydrogens (tertiary/aromatic N) is 2. The summed E-state index contributed by atoms with van der Waals surface area (Å²) in [6.45, 7) is 3.31. The van der Waals surface area contributed by atoms with E-state index in [0.717, 1.165) is 28.7 Å². The molecule has 0 fully saturated rings. The van der Waals surface area contributed by atoms with Gasteiger partial charge < -0.3 is 20.1 Å². The second-order valence-corrected chi connectivity index (χ2v) is 5.88. The highest BCUT2D eigenvalue weighted by Crippen LogP contribution is 2.29. The molecule has 0 aliphatic carbocycles. The van der Waals surface area contributed by atoms with Crippen LogP contribution in [0.25, 0.3) is 10.9 Å². The normalized spacial score (nSPS) is 11.3. The Bertz CT molecular complexity index is 935. The van der Waals surface area contributed by atoms with Crippen molar-refractivity contribution in [1.82, 2.24) is 10.3 Å². The van der Waals surface area contributed by atoms with Crippen molar-refractivity contribution in [2.24, 2.45) is 4.99 Å². The number of anilines is 1. The van der Waals surface area contributed by atoms with Crippen molar-refractivity contribution in [3.63, 3.8) is 0 Å². The monoisotopic (exact) mass is 364 g/mol. The third-order valence-electron chi connectivity index (χ3n) is 4.11. The summed E-state index contributed by atoms with van der Waals surface area (Å²) in [7, 11) is 3.24. The van der Waals surface area contributed by atoms with E-state index >= 15 is 0 Å². The molecule has 0 unspecified atom stereocenters. The second-order valence-electron chi connectivity index (χ2n) is 5.88. The summed E-state index contributed by atoms with van der Waals surface area (Å²) in [6, 6.07) is 15.8. The van der Waals surface area contributed by atoms with Gasteiger partial charge in [-0.15, -0.1) is 0 Å². The van der Waals surface area contributed by atoms with E-state index in [1.165, 1.54) is 0 Å². The number of hydrogen-bond donors (Lipinski definition) is 2. The number of fused-ring (bicyclic) bond motifs is 1. The highest BCUT2D eigenvalue weighted by atomic mass is 16.5. The van der Waals surface area contributed by atoms with Crippen molar-refractivity contribution in [2.75, 3.05) is 26.1 Å². The second kappa shape index (κ2) is 8.89. The fraction of sp³-hybridized carbons (Fsp3) is 0.238. The number of rotatable bonds is 6. The quantitative estimate of drug-likeness (QED) is 0.514. The van der Waals surface area contributed by atoms with Crippen LogP contribution in [0.5, 0.6) is 11.5 Å². The van der Waals surface area contributed by atoms with Crippen LogP contribution in [-0.2, 0) is 6.54 Å². The Kier molecular flexibility index (Phi) is 6.10. The molecule has 0 radical (unpaired) electrons. The van der Waals surface area contributed by atoms with Gasteiger partial charge in [-0.1, -0.05) is 24.3 Å². The van der Waals surface area contributed by atoms with Crippen molar-refractivity contribution in [3.05, 3.63) is 60.3 Å². The summed E-state index contributed by atoms with van der Waals surface area (Å²) in [5.41, 5.74) is 2.92. The molecule has 2 N–H and O–H groups in total. The molecule has 0 aliphatic heterocycles. The first-order valence-electron chi connectivity index (χ1n) is 8.85. The summed E-state index contributed by atoms with van der Waals surface area (Å²) in [4.78, 5) is 9.20. The topological polar surface area (TPSA) is 67.8 Å². The van der Waals surface area contributed by atoms with Gasteiger partial charge in [-0.2, -0.15) is 0 Å². The molecule has 0 spiro atoms. The number of guanidine groups is 1. The number of hydrogen-bond acceptors (Lipinski definition) is 4.